The van der Waals surface area contributed by atoms with E-state index in [2.05, 4.69) is 4.74 Å². The fourth-order valence-electron chi connectivity index (χ4n) is 1.93. The summed E-state index contributed by atoms with van der Waals surface area (Å²) in [6.07, 6.45) is -1.56. The third-order valence-electron chi connectivity index (χ3n) is 2.61. The van der Waals surface area contributed by atoms with Gasteiger partial charge >= 0.3 is 11.9 Å². The Morgan fingerprint density at radius 3 is 2.71 bits per heavy atom. The normalized spacial score (nSPS) is 17.6. The molecule has 0 bridgehead atoms. The summed E-state index contributed by atoms with van der Waals surface area (Å²) >= 11 is 0. The Kier molecular flexibility index (Phi) is 2.51. The van der Waals surface area contributed by atoms with Crippen LogP contribution in [0.15, 0.2) is 6.07 Å². The zero-order valence-corrected chi connectivity index (χ0v) is 9.18. The van der Waals surface area contributed by atoms with E-state index in [1.807, 2.05) is 0 Å². The summed E-state index contributed by atoms with van der Waals surface area (Å²) in [5.74, 6) is -1.79. The molecule has 1 aliphatic rings. The minimum absolute atomic E-state index is 0.0163. The fraction of sp³-hybridized carbons (Fsp3) is 0.273. The molecule has 0 radical (unpaired) electrons. The molecule has 6 nitrogen and oxygen atoms in total. The van der Waals surface area contributed by atoms with Gasteiger partial charge in [0.1, 0.15) is 11.3 Å². The number of ether oxygens (including phenoxy) is 2. The highest BCUT2D eigenvalue weighted by Crippen LogP contribution is 2.39. The highest BCUT2D eigenvalue weighted by molar-refractivity contribution is 6.02. The van der Waals surface area contributed by atoms with Crippen molar-refractivity contribution in [2.75, 3.05) is 7.11 Å². The Morgan fingerprint density at radius 1 is 1.53 bits per heavy atom. The Hall–Kier alpha value is -2.08. The standard InChI is InChI=1S/C11H10O6/c1-4-3-5(9(12)13)6-7(8(4)16-2)11(15)17-10(6)14/h3,10,14H,1-2H3,(H,12,13)/t10-/m0/s1. The number of aliphatic hydroxyl groups excluding tert-OH is 1. The van der Waals surface area contributed by atoms with Crippen LogP contribution in [0.4, 0.5) is 0 Å². The number of methoxy groups -OCH3 is 1. The van der Waals surface area contributed by atoms with Gasteiger partial charge in [-0.1, -0.05) is 0 Å². The number of carbonyl (C=O) groups excluding carboxylic acids is 1. The fourth-order valence-corrected chi connectivity index (χ4v) is 1.93. The average molecular weight is 238 g/mol. The zero-order chi connectivity index (χ0) is 12.7. The number of carboxylic acids is 1. The third kappa shape index (κ3) is 1.53. The van der Waals surface area contributed by atoms with Gasteiger partial charge in [0, 0.05) is 0 Å². The van der Waals surface area contributed by atoms with Gasteiger partial charge in [0.05, 0.1) is 18.2 Å². The maximum atomic E-state index is 11.5. The topological polar surface area (TPSA) is 93.1 Å². The number of esters is 1. The molecule has 1 aromatic rings. The van der Waals surface area contributed by atoms with Crippen molar-refractivity contribution in [2.24, 2.45) is 0 Å². The Balaban J connectivity index is 2.82. The Morgan fingerprint density at radius 2 is 2.18 bits per heavy atom. The van der Waals surface area contributed by atoms with E-state index in [1.54, 1.807) is 6.92 Å². The molecule has 0 saturated carbocycles. The van der Waals surface area contributed by atoms with Gasteiger partial charge in [-0.2, -0.15) is 0 Å². The van der Waals surface area contributed by atoms with Crippen LogP contribution in [0.5, 0.6) is 5.75 Å². The molecule has 0 spiro atoms. The van der Waals surface area contributed by atoms with Crippen molar-refractivity contribution in [1.82, 2.24) is 0 Å². The zero-order valence-electron chi connectivity index (χ0n) is 9.18. The molecule has 0 unspecified atom stereocenters. The first-order chi connectivity index (χ1) is 7.97. The van der Waals surface area contributed by atoms with Crippen LogP contribution in [0, 0.1) is 6.92 Å². The molecule has 6 heteroatoms. The molecule has 0 aliphatic carbocycles. The maximum Gasteiger partial charge on any atom is 0.345 e. The molecular formula is C11H10O6. The lowest BCUT2D eigenvalue weighted by molar-refractivity contribution is -0.0552. The SMILES string of the molecule is COc1c(C)cc(C(=O)O)c2c1C(=O)O[C@@H]2O. The van der Waals surface area contributed by atoms with Gasteiger partial charge in [0.25, 0.3) is 0 Å². The van der Waals surface area contributed by atoms with Gasteiger partial charge < -0.3 is 19.7 Å². The number of hydrogen-bond donors (Lipinski definition) is 2. The van der Waals surface area contributed by atoms with Gasteiger partial charge in [-0.05, 0) is 18.6 Å². The number of benzene rings is 1. The molecule has 0 fully saturated rings. The molecule has 0 aromatic heterocycles. The van der Waals surface area contributed by atoms with Gasteiger partial charge in [0.2, 0.25) is 6.29 Å². The first-order valence-electron chi connectivity index (χ1n) is 4.81. The predicted octanol–water partition coefficient (Wildman–Crippen LogP) is 0.863. The summed E-state index contributed by atoms with van der Waals surface area (Å²) in [6, 6.07) is 1.34. The number of aryl methyl sites for hydroxylation is 1. The van der Waals surface area contributed by atoms with Crippen molar-refractivity contribution in [3.8, 4) is 5.75 Å². The van der Waals surface area contributed by atoms with Crippen molar-refractivity contribution in [3.05, 3.63) is 28.3 Å². The van der Waals surface area contributed by atoms with Crippen molar-refractivity contribution in [1.29, 1.82) is 0 Å². The quantitative estimate of drug-likeness (QED) is 0.742. The molecule has 2 N–H and O–H groups in total. The molecule has 90 valence electrons. The predicted molar refractivity (Wildman–Crippen MR) is 55.1 cm³/mol. The van der Waals surface area contributed by atoms with E-state index in [-0.39, 0.29) is 22.4 Å². The van der Waals surface area contributed by atoms with Crippen LogP contribution in [0.2, 0.25) is 0 Å². The highest BCUT2D eigenvalue weighted by Gasteiger charge is 2.38. The summed E-state index contributed by atoms with van der Waals surface area (Å²) in [6.45, 7) is 1.61. The lowest BCUT2D eigenvalue weighted by Crippen LogP contribution is -2.08. The minimum atomic E-state index is -1.56. The second-order valence-electron chi connectivity index (χ2n) is 3.63. The lowest BCUT2D eigenvalue weighted by Gasteiger charge is -2.11. The molecule has 1 atom stereocenters. The minimum Gasteiger partial charge on any atom is -0.496 e. The number of fused-ring (bicyclic) bond motifs is 1. The number of hydrogen-bond acceptors (Lipinski definition) is 5. The Bertz CT molecular complexity index is 519. The van der Waals surface area contributed by atoms with E-state index < -0.39 is 18.2 Å². The molecule has 0 saturated heterocycles. The summed E-state index contributed by atoms with van der Waals surface area (Å²) in [4.78, 5) is 22.6. The van der Waals surface area contributed by atoms with Crippen molar-refractivity contribution in [2.45, 2.75) is 13.2 Å². The van der Waals surface area contributed by atoms with E-state index in [1.165, 1.54) is 13.2 Å². The summed E-state index contributed by atoms with van der Waals surface area (Å²) in [5.41, 5.74) is 0.272. The van der Waals surface area contributed by atoms with Crippen LogP contribution in [0.3, 0.4) is 0 Å². The van der Waals surface area contributed by atoms with E-state index in [0.717, 1.165) is 0 Å². The van der Waals surface area contributed by atoms with Crippen molar-refractivity contribution < 1.29 is 29.3 Å². The van der Waals surface area contributed by atoms with E-state index in [0.29, 0.717) is 5.56 Å². The third-order valence-corrected chi connectivity index (χ3v) is 2.61. The van der Waals surface area contributed by atoms with Gasteiger partial charge in [-0.15, -0.1) is 0 Å². The van der Waals surface area contributed by atoms with Crippen LogP contribution >= 0.6 is 0 Å². The number of cyclic esters (lactones) is 1. The molecule has 0 amide bonds. The summed E-state index contributed by atoms with van der Waals surface area (Å²) in [7, 11) is 1.36. The largest absolute Gasteiger partial charge is 0.496 e. The molecule has 1 heterocycles. The van der Waals surface area contributed by atoms with Crippen LogP contribution in [0.1, 0.15) is 38.1 Å². The van der Waals surface area contributed by atoms with Crippen LogP contribution in [-0.2, 0) is 4.74 Å². The molecule has 2 rings (SSSR count). The molecule has 1 aromatic carbocycles. The number of aliphatic hydroxyl groups is 1. The molecular weight excluding hydrogens is 228 g/mol. The van der Waals surface area contributed by atoms with Gasteiger partial charge in [0.15, 0.2) is 0 Å². The van der Waals surface area contributed by atoms with Crippen LogP contribution in [-0.4, -0.2) is 29.3 Å². The van der Waals surface area contributed by atoms with E-state index in [4.69, 9.17) is 9.84 Å². The molecule has 17 heavy (non-hydrogen) atoms. The van der Waals surface area contributed by atoms with Crippen LogP contribution < -0.4 is 4.74 Å². The number of carbonyl (C=O) groups is 2. The lowest BCUT2D eigenvalue weighted by atomic mass is 9.97. The second-order valence-corrected chi connectivity index (χ2v) is 3.63. The average Bonchev–Trinajstić information content (AvgIpc) is 2.54. The summed E-state index contributed by atoms with van der Waals surface area (Å²) < 4.78 is 9.63. The first kappa shape index (κ1) is 11.4. The van der Waals surface area contributed by atoms with E-state index in [9.17, 15) is 14.7 Å². The van der Waals surface area contributed by atoms with Crippen LogP contribution in [0.25, 0.3) is 0 Å². The van der Waals surface area contributed by atoms with Crippen molar-refractivity contribution >= 4 is 11.9 Å². The van der Waals surface area contributed by atoms with E-state index >= 15 is 0 Å². The monoisotopic (exact) mass is 238 g/mol. The van der Waals surface area contributed by atoms with Gasteiger partial charge in [-0.25, -0.2) is 9.59 Å². The smallest absolute Gasteiger partial charge is 0.345 e. The highest BCUT2D eigenvalue weighted by atomic mass is 16.6. The first-order valence-corrected chi connectivity index (χ1v) is 4.81. The maximum absolute atomic E-state index is 11.5. The summed E-state index contributed by atoms with van der Waals surface area (Å²) in [5, 5.41) is 18.6. The number of aromatic carboxylic acids is 1. The second kappa shape index (κ2) is 3.74. The molecule has 1 aliphatic heterocycles. The number of carboxylic acid groups (broad SMARTS) is 1. The van der Waals surface area contributed by atoms with Crippen molar-refractivity contribution in [3.63, 3.8) is 0 Å². The number of rotatable bonds is 2. The Labute approximate surface area is 96.4 Å². The van der Waals surface area contributed by atoms with Gasteiger partial charge in [-0.3, -0.25) is 0 Å².